The highest BCUT2D eigenvalue weighted by Crippen LogP contribution is 2.38. The zero-order valence-electron chi connectivity index (χ0n) is 11.5. The number of hydrogen-bond acceptors (Lipinski definition) is 1. The Morgan fingerprint density at radius 1 is 1.39 bits per heavy atom. The standard InChI is InChI=1S/C16H24FN/c1-3-9-18-16(12(2)14-7-8-14)11-13-5-4-6-15(17)10-13/h4-6,10,12,14,16,18H,3,7-9,11H2,1-2H3. The van der Waals surface area contributed by atoms with Gasteiger partial charge >= 0.3 is 0 Å². The maximum Gasteiger partial charge on any atom is 0.123 e. The largest absolute Gasteiger partial charge is 0.313 e. The van der Waals surface area contributed by atoms with Crippen LogP contribution < -0.4 is 5.32 Å². The van der Waals surface area contributed by atoms with Gasteiger partial charge in [0.25, 0.3) is 0 Å². The molecule has 0 heterocycles. The minimum absolute atomic E-state index is 0.124. The molecule has 2 unspecified atom stereocenters. The van der Waals surface area contributed by atoms with Crippen molar-refractivity contribution in [2.45, 2.75) is 45.6 Å². The molecule has 0 aliphatic heterocycles. The Morgan fingerprint density at radius 2 is 2.17 bits per heavy atom. The fourth-order valence-corrected chi connectivity index (χ4v) is 2.64. The number of rotatable bonds is 7. The lowest BCUT2D eigenvalue weighted by atomic mass is 9.91. The van der Waals surface area contributed by atoms with Gasteiger partial charge in [0, 0.05) is 6.04 Å². The molecule has 1 aliphatic rings. The van der Waals surface area contributed by atoms with Crippen molar-refractivity contribution in [3.63, 3.8) is 0 Å². The smallest absolute Gasteiger partial charge is 0.123 e. The molecule has 2 atom stereocenters. The quantitative estimate of drug-likeness (QED) is 0.775. The lowest BCUT2D eigenvalue weighted by Gasteiger charge is -2.25. The van der Waals surface area contributed by atoms with Gasteiger partial charge in [0.05, 0.1) is 0 Å². The number of benzene rings is 1. The Hall–Kier alpha value is -0.890. The minimum atomic E-state index is -0.124. The summed E-state index contributed by atoms with van der Waals surface area (Å²) in [6, 6.07) is 7.51. The summed E-state index contributed by atoms with van der Waals surface area (Å²) in [6.45, 7) is 5.58. The second-order valence-corrected chi connectivity index (χ2v) is 5.59. The van der Waals surface area contributed by atoms with Crippen LogP contribution in [0.2, 0.25) is 0 Å². The van der Waals surface area contributed by atoms with Gasteiger partial charge in [-0.1, -0.05) is 26.0 Å². The number of hydrogen-bond donors (Lipinski definition) is 1. The molecule has 0 spiro atoms. The van der Waals surface area contributed by atoms with Crippen LogP contribution >= 0.6 is 0 Å². The average molecular weight is 249 g/mol. The van der Waals surface area contributed by atoms with Gasteiger partial charge in [0.2, 0.25) is 0 Å². The monoisotopic (exact) mass is 249 g/mol. The summed E-state index contributed by atoms with van der Waals surface area (Å²) < 4.78 is 13.2. The van der Waals surface area contributed by atoms with E-state index in [9.17, 15) is 4.39 Å². The van der Waals surface area contributed by atoms with Crippen molar-refractivity contribution in [1.82, 2.24) is 5.32 Å². The van der Waals surface area contributed by atoms with E-state index in [1.54, 1.807) is 6.07 Å². The summed E-state index contributed by atoms with van der Waals surface area (Å²) in [5, 5.41) is 3.64. The van der Waals surface area contributed by atoms with Crippen LogP contribution in [0.25, 0.3) is 0 Å². The van der Waals surface area contributed by atoms with Crippen LogP contribution in [0, 0.1) is 17.7 Å². The molecule has 0 saturated heterocycles. The highest BCUT2D eigenvalue weighted by atomic mass is 19.1. The van der Waals surface area contributed by atoms with E-state index < -0.39 is 0 Å². The van der Waals surface area contributed by atoms with Crippen LogP contribution in [0.1, 0.15) is 38.7 Å². The van der Waals surface area contributed by atoms with Crippen LogP contribution in [0.15, 0.2) is 24.3 Å². The second-order valence-electron chi connectivity index (χ2n) is 5.59. The minimum Gasteiger partial charge on any atom is -0.313 e. The van der Waals surface area contributed by atoms with Crippen LogP contribution in [-0.4, -0.2) is 12.6 Å². The number of halogens is 1. The molecule has 0 amide bonds. The SMILES string of the molecule is CCCNC(Cc1cccc(F)c1)C(C)C1CC1. The van der Waals surface area contributed by atoms with Crippen LogP contribution in [0.3, 0.4) is 0 Å². The Labute approximate surface area is 110 Å². The van der Waals surface area contributed by atoms with Gasteiger partial charge in [0.15, 0.2) is 0 Å². The van der Waals surface area contributed by atoms with E-state index in [0.29, 0.717) is 12.0 Å². The van der Waals surface area contributed by atoms with Crippen molar-refractivity contribution >= 4 is 0 Å². The molecular formula is C16H24FN. The fourth-order valence-electron chi connectivity index (χ4n) is 2.64. The maximum absolute atomic E-state index is 13.2. The van der Waals surface area contributed by atoms with Gasteiger partial charge in [-0.3, -0.25) is 0 Å². The molecule has 1 aromatic carbocycles. The molecule has 0 radical (unpaired) electrons. The van der Waals surface area contributed by atoms with Gasteiger partial charge in [-0.05, 0) is 61.8 Å². The molecule has 1 aliphatic carbocycles. The Kier molecular flexibility index (Phi) is 4.76. The summed E-state index contributed by atoms with van der Waals surface area (Å²) in [7, 11) is 0. The Bertz CT molecular complexity index is 373. The molecule has 1 saturated carbocycles. The lowest BCUT2D eigenvalue weighted by molar-refractivity contribution is 0.339. The molecule has 1 aromatic rings. The zero-order chi connectivity index (χ0) is 13.0. The molecule has 2 rings (SSSR count). The molecule has 100 valence electrons. The molecular weight excluding hydrogens is 225 g/mol. The van der Waals surface area contributed by atoms with Crippen molar-refractivity contribution in [2.24, 2.45) is 11.8 Å². The third-order valence-corrected chi connectivity index (χ3v) is 4.00. The van der Waals surface area contributed by atoms with E-state index in [-0.39, 0.29) is 5.82 Å². The first-order chi connectivity index (χ1) is 8.70. The van der Waals surface area contributed by atoms with Crippen LogP contribution in [0.5, 0.6) is 0 Å². The van der Waals surface area contributed by atoms with Gasteiger partial charge in [-0.25, -0.2) is 4.39 Å². The van der Waals surface area contributed by atoms with Gasteiger partial charge in [-0.15, -0.1) is 0 Å². The first kappa shape index (κ1) is 13.5. The summed E-state index contributed by atoms with van der Waals surface area (Å²) in [4.78, 5) is 0. The van der Waals surface area contributed by atoms with Crippen molar-refractivity contribution in [3.05, 3.63) is 35.6 Å². The number of nitrogens with one attached hydrogen (secondary N) is 1. The molecule has 0 aromatic heterocycles. The van der Waals surface area contributed by atoms with E-state index in [1.807, 2.05) is 12.1 Å². The van der Waals surface area contributed by atoms with Crippen molar-refractivity contribution in [1.29, 1.82) is 0 Å². The molecule has 1 N–H and O–H groups in total. The zero-order valence-corrected chi connectivity index (χ0v) is 11.5. The van der Waals surface area contributed by atoms with E-state index in [0.717, 1.165) is 30.9 Å². The maximum atomic E-state index is 13.2. The van der Waals surface area contributed by atoms with E-state index in [2.05, 4.69) is 19.2 Å². The van der Waals surface area contributed by atoms with Crippen molar-refractivity contribution in [2.75, 3.05) is 6.54 Å². The van der Waals surface area contributed by atoms with E-state index in [1.165, 1.54) is 18.9 Å². The van der Waals surface area contributed by atoms with Crippen LogP contribution in [-0.2, 0) is 6.42 Å². The highest BCUT2D eigenvalue weighted by Gasteiger charge is 2.32. The van der Waals surface area contributed by atoms with Gasteiger partial charge < -0.3 is 5.32 Å². The topological polar surface area (TPSA) is 12.0 Å². The van der Waals surface area contributed by atoms with Gasteiger partial charge in [-0.2, -0.15) is 0 Å². The first-order valence-corrected chi connectivity index (χ1v) is 7.18. The Morgan fingerprint density at radius 3 is 2.78 bits per heavy atom. The highest BCUT2D eigenvalue weighted by molar-refractivity contribution is 5.17. The molecule has 18 heavy (non-hydrogen) atoms. The molecule has 1 fully saturated rings. The molecule has 1 nitrogen and oxygen atoms in total. The third-order valence-electron chi connectivity index (χ3n) is 4.00. The first-order valence-electron chi connectivity index (χ1n) is 7.18. The fraction of sp³-hybridized carbons (Fsp3) is 0.625. The normalized spacial score (nSPS) is 18.6. The van der Waals surface area contributed by atoms with Crippen molar-refractivity contribution < 1.29 is 4.39 Å². The molecule has 0 bridgehead atoms. The summed E-state index contributed by atoms with van der Waals surface area (Å²) >= 11 is 0. The van der Waals surface area contributed by atoms with E-state index >= 15 is 0 Å². The molecule has 2 heteroatoms. The summed E-state index contributed by atoms with van der Waals surface area (Å²) in [5.41, 5.74) is 1.11. The van der Waals surface area contributed by atoms with Gasteiger partial charge in [0.1, 0.15) is 5.82 Å². The predicted octanol–water partition coefficient (Wildman–Crippen LogP) is 3.78. The average Bonchev–Trinajstić information content (AvgIpc) is 3.18. The summed E-state index contributed by atoms with van der Waals surface area (Å²) in [6.07, 6.45) is 4.83. The predicted molar refractivity (Wildman–Crippen MR) is 74.1 cm³/mol. The second kappa shape index (κ2) is 6.33. The lowest BCUT2D eigenvalue weighted by Crippen LogP contribution is -2.38. The third kappa shape index (κ3) is 3.81. The Balaban J connectivity index is 1.99. The van der Waals surface area contributed by atoms with Crippen LogP contribution in [0.4, 0.5) is 4.39 Å². The summed E-state index contributed by atoms with van der Waals surface area (Å²) in [5.74, 6) is 1.45. The van der Waals surface area contributed by atoms with Crippen molar-refractivity contribution in [3.8, 4) is 0 Å². The van der Waals surface area contributed by atoms with E-state index in [4.69, 9.17) is 0 Å².